The van der Waals surface area contributed by atoms with E-state index in [0.29, 0.717) is 23.0 Å². The molecule has 122 valence electrons. The number of hydrogen-bond acceptors (Lipinski definition) is 3. The molecule has 3 rings (SSSR count). The van der Waals surface area contributed by atoms with Crippen LogP contribution in [-0.4, -0.2) is 45.9 Å². The Bertz CT molecular complexity index is 737. The SMILES string of the molecule is Cc1ccc(-n2ncc(C(=O)N(C)CCO)c2C2CC2)cc1Cl. The number of carbonyl (C=O) groups is 1. The lowest BCUT2D eigenvalue weighted by molar-refractivity contribution is 0.0765. The minimum Gasteiger partial charge on any atom is -0.395 e. The summed E-state index contributed by atoms with van der Waals surface area (Å²) < 4.78 is 1.82. The summed E-state index contributed by atoms with van der Waals surface area (Å²) in [6.45, 7) is 2.21. The number of aryl methyl sites for hydroxylation is 1. The van der Waals surface area contributed by atoms with Crippen LogP contribution >= 0.6 is 11.6 Å². The van der Waals surface area contributed by atoms with E-state index in [-0.39, 0.29) is 12.5 Å². The Morgan fingerprint density at radius 1 is 1.48 bits per heavy atom. The van der Waals surface area contributed by atoms with E-state index in [2.05, 4.69) is 5.10 Å². The van der Waals surface area contributed by atoms with Crippen molar-refractivity contribution in [3.05, 3.63) is 46.2 Å². The molecular formula is C17H20ClN3O2. The highest BCUT2D eigenvalue weighted by molar-refractivity contribution is 6.31. The molecule has 0 spiro atoms. The molecule has 0 bridgehead atoms. The van der Waals surface area contributed by atoms with Gasteiger partial charge in [-0.15, -0.1) is 0 Å². The Morgan fingerprint density at radius 3 is 2.83 bits per heavy atom. The maximum Gasteiger partial charge on any atom is 0.257 e. The molecule has 1 saturated carbocycles. The van der Waals surface area contributed by atoms with Crippen LogP contribution in [0.15, 0.2) is 24.4 Å². The first-order valence-electron chi connectivity index (χ1n) is 7.73. The van der Waals surface area contributed by atoms with Crippen molar-refractivity contribution in [1.82, 2.24) is 14.7 Å². The zero-order valence-electron chi connectivity index (χ0n) is 13.3. The summed E-state index contributed by atoms with van der Waals surface area (Å²) in [5.41, 5.74) is 3.43. The second-order valence-corrected chi connectivity index (χ2v) is 6.42. The Labute approximate surface area is 140 Å². The van der Waals surface area contributed by atoms with E-state index in [9.17, 15) is 4.79 Å². The third kappa shape index (κ3) is 3.12. The lowest BCUT2D eigenvalue weighted by atomic mass is 10.1. The molecule has 1 fully saturated rings. The average Bonchev–Trinajstić information content (AvgIpc) is 3.28. The van der Waals surface area contributed by atoms with Crippen LogP contribution in [0, 0.1) is 6.92 Å². The number of nitrogens with zero attached hydrogens (tertiary/aromatic N) is 3. The van der Waals surface area contributed by atoms with Gasteiger partial charge in [0.1, 0.15) is 0 Å². The summed E-state index contributed by atoms with van der Waals surface area (Å²) in [7, 11) is 1.69. The van der Waals surface area contributed by atoms with E-state index in [0.717, 1.165) is 29.8 Å². The molecule has 0 radical (unpaired) electrons. The molecule has 0 aliphatic heterocycles. The molecule has 1 aromatic heterocycles. The predicted molar refractivity (Wildman–Crippen MR) is 89.3 cm³/mol. The largest absolute Gasteiger partial charge is 0.395 e. The van der Waals surface area contributed by atoms with E-state index in [1.807, 2.05) is 29.8 Å². The highest BCUT2D eigenvalue weighted by Gasteiger charge is 2.33. The third-order valence-corrected chi connectivity index (χ3v) is 4.59. The van der Waals surface area contributed by atoms with Gasteiger partial charge in [-0.3, -0.25) is 4.79 Å². The predicted octanol–water partition coefficient (Wildman–Crippen LogP) is 2.78. The maximum absolute atomic E-state index is 12.6. The number of carbonyl (C=O) groups excluding carboxylic acids is 1. The van der Waals surface area contributed by atoms with Gasteiger partial charge in [0, 0.05) is 24.5 Å². The molecule has 1 N–H and O–H groups in total. The van der Waals surface area contributed by atoms with Crippen LogP contribution in [0.4, 0.5) is 0 Å². The Morgan fingerprint density at radius 2 is 2.22 bits per heavy atom. The van der Waals surface area contributed by atoms with Gasteiger partial charge < -0.3 is 10.0 Å². The molecule has 2 aromatic rings. The van der Waals surface area contributed by atoms with Crippen LogP contribution in [-0.2, 0) is 0 Å². The minimum atomic E-state index is -0.106. The molecule has 23 heavy (non-hydrogen) atoms. The first kappa shape index (κ1) is 16.0. The highest BCUT2D eigenvalue weighted by atomic mass is 35.5. The first-order valence-corrected chi connectivity index (χ1v) is 8.11. The summed E-state index contributed by atoms with van der Waals surface area (Å²) in [4.78, 5) is 14.1. The van der Waals surface area contributed by atoms with E-state index in [1.165, 1.54) is 4.90 Å². The summed E-state index contributed by atoms with van der Waals surface area (Å²) in [6, 6.07) is 5.79. The van der Waals surface area contributed by atoms with Gasteiger partial charge in [-0.05, 0) is 37.5 Å². The molecular weight excluding hydrogens is 314 g/mol. The van der Waals surface area contributed by atoms with E-state index in [1.54, 1.807) is 13.2 Å². The van der Waals surface area contributed by atoms with Crippen LogP contribution in [0.1, 0.15) is 40.4 Å². The number of aliphatic hydroxyl groups excluding tert-OH is 1. The molecule has 1 aromatic carbocycles. The van der Waals surface area contributed by atoms with E-state index < -0.39 is 0 Å². The van der Waals surface area contributed by atoms with Crippen LogP contribution < -0.4 is 0 Å². The topological polar surface area (TPSA) is 58.4 Å². The number of aliphatic hydroxyl groups is 1. The van der Waals surface area contributed by atoms with Crippen molar-refractivity contribution < 1.29 is 9.90 Å². The molecule has 5 nitrogen and oxygen atoms in total. The zero-order chi connectivity index (χ0) is 16.6. The maximum atomic E-state index is 12.6. The number of rotatable bonds is 5. The van der Waals surface area contributed by atoms with Crippen molar-refractivity contribution >= 4 is 17.5 Å². The average molecular weight is 334 g/mol. The van der Waals surface area contributed by atoms with Gasteiger partial charge >= 0.3 is 0 Å². The fourth-order valence-corrected chi connectivity index (χ4v) is 2.82. The van der Waals surface area contributed by atoms with Crippen LogP contribution in [0.2, 0.25) is 5.02 Å². The van der Waals surface area contributed by atoms with Crippen LogP contribution in [0.3, 0.4) is 0 Å². The minimum absolute atomic E-state index is 0.0529. The summed E-state index contributed by atoms with van der Waals surface area (Å²) in [5, 5.41) is 14.1. The Hall–Kier alpha value is -1.85. The zero-order valence-corrected chi connectivity index (χ0v) is 14.0. The molecule has 0 saturated heterocycles. The standard InChI is InChI=1S/C17H20ClN3O2/c1-11-3-6-13(9-15(11)18)21-16(12-4-5-12)14(10-19-21)17(23)20(2)7-8-22/h3,6,9-10,12,22H,4-5,7-8H2,1-2H3. The normalized spacial score (nSPS) is 14.1. The number of hydrogen-bond donors (Lipinski definition) is 1. The number of likely N-dealkylation sites (N-methyl/N-ethyl adjacent to an activating group) is 1. The van der Waals surface area contributed by atoms with Crippen molar-refractivity contribution in [2.24, 2.45) is 0 Å². The molecule has 6 heteroatoms. The lowest BCUT2D eigenvalue weighted by Gasteiger charge is -2.16. The molecule has 1 heterocycles. The van der Waals surface area contributed by atoms with Gasteiger partial charge in [-0.2, -0.15) is 5.10 Å². The van der Waals surface area contributed by atoms with Crippen molar-refractivity contribution in [3.8, 4) is 5.69 Å². The fraction of sp³-hybridized carbons (Fsp3) is 0.412. The Balaban J connectivity index is 2.02. The summed E-state index contributed by atoms with van der Waals surface area (Å²) >= 11 is 6.23. The third-order valence-electron chi connectivity index (χ3n) is 4.18. The summed E-state index contributed by atoms with van der Waals surface area (Å²) in [5.74, 6) is 0.254. The molecule has 1 aliphatic carbocycles. The van der Waals surface area contributed by atoms with Crippen molar-refractivity contribution in [1.29, 1.82) is 0 Å². The Kier molecular flexibility index (Phi) is 4.41. The number of amides is 1. The first-order chi connectivity index (χ1) is 11.0. The van der Waals surface area contributed by atoms with E-state index in [4.69, 9.17) is 16.7 Å². The quantitative estimate of drug-likeness (QED) is 0.915. The summed E-state index contributed by atoms with van der Waals surface area (Å²) in [6.07, 6.45) is 3.75. The number of aromatic nitrogens is 2. The number of halogens is 1. The highest BCUT2D eigenvalue weighted by Crippen LogP contribution is 2.42. The molecule has 1 amide bonds. The molecule has 0 unspecified atom stereocenters. The second kappa shape index (κ2) is 6.34. The van der Waals surface area contributed by atoms with E-state index >= 15 is 0 Å². The van der Waals surface area contributed by atoms with Gasteiger partial charge in [0.05, 0.1) is 29.7 Å². The van der Waals surface area contributed by atoms with Crippen molar-refractivity contribution in [3.63, 3.8) is 0 Å². The van der Waals surface area contributed by atoms with Gasteiger partial charge in [-0.25, -0.2) is 4.68 Å². The number of benzene rings is 1. The monoisotopic (exact) mass is 333 g/mol. The molecule has 1 aliphatic rings. The second-order valence-electron chi connectivity index (χ2n) is 6.01. The van der Waals surface area contributed by atoms with Crippen LogP contribution in [0.25, 0.3) is 5.69 Å². The van der Waals surface area contributed by atoms with Crippen LogP contribution in [0.5, 0.6) is 0 Å². The fourth-order valence-electron chi connectivity index (χ4n) is 2.65. The molecule has 0 atom stereocenters. The van der Waals surface area contributed by atoms with Gasteiger partial charge in [0.15, 0.2) is 0 Å². The van der Waals surface area contributed by atoms with Gasteiger partial charge in [0.2, 0.25) is 0 Å². The smallest absolute Gasteiger partial charge is 0.257 e. The van der Waals surface area contributed by atoms with Crippen molar-refractivity contribution in [2.45, 2.75) is 25.7 Å². The lowest BCUT2D eigenvalue weighted by Crippen LogP contribution is -2.30. The van der Waals surface area contributed by atoms with Crippen molar-refractivity contribution in [2.75, 3.05) is 20.2 Å². The van der Waals surface area contributed by atoms with Gasteiger partial charge in [0.25, 0.3) is 5.91 Å². The van der Waals surface area contributed by atoms with Gasteiger partial charge in [-0.1, -0.05) is 17.7 Å².